The number of hydrogen-bond acceptors (Lipinski definition) is 2. The van der Waals surface area contributed by atoms with Gasteiger partial charge in [0.2, 0.25) is 0 Å². The van der Waals surface area contributed by atoms with Crippen LogP contribution in [0.25, 0.3) is 0 Å². The van der Waals surface area contributed by atoms with E-state index in [2.05, 4.69) is 56.0 Å². The Kier molecular flexibility index (Phi) is 5.41. The molecule has 0 N–H and O–H groups in total. The van der Waals surface area contributed by atoms with E-state index in [-0.39, 0.29) is 0 Å². The van der Waals surface area contributed by atoms with Gasteiger partial charge in [-0.2, -0.15) is 0 Å². The van der Waals surface area contributed by atoms with Crippen LogP contribution in [0.4, 0.5) is 0 Å². The van der Waals surface area contributed by atoms with Gasteiger partial charge in [0, 0.05) is 19.6 Å². The molecule has 0 aliphatic carbocycles. The van der Waals surface area contributed by atoms with Crippen molar-refractivity contribution in [1.82, 2.24) is 4.90 Å². The first-order chi connectivity index (χ1) is 9.17. The SMILES string of the molecule is CCC1CN(CC(C)Cc2ccccc2)CC(C)O1. The Morgan fingerprint density at radius 3 is 2.68 bits per heavy atom. The van der Waals surface area contributed by atoms with Gasteiger partial charge in [0.05, 0.1) is 12.2 Å². The Hall–Kier alpha value is -0.860. The lowest BCUT2D eigenvalue weighted by Crippen LogP contribution is -2.47. The summed E-state index contributed by atoms with van der Waals surface area (Å²) in [7, 11) is 0. The van der Waals surface area contributed by atoms with Crippen LogP contribution in [-0.4, -0.2) is 36.7 Å². The minimum Gasteiger partial charge on any atom is -0.373 e. The molecule has 2 heteroatoms. The van der Waals surface area contributed by atoms with Crippen molar-refractivity contribution >= 4 is 0 Å². The first-order valence-corrected chi connectivity index (χ1v) is 7.59. The van der Waals surface area contributed by atoms with E-state index < -0.39 is 0 Å². The molecule has 1 aromatic carbocycles. The summed E-state index contributed by atoms with van der Waals surface area (Å²) in [4.78, 5) is 2.58. The van der Waals surface area contributed by atoms with Gasteiger partial charge in [-0.1, -0.05) is 44.2 Å². The summed E-state index contributed by atoms with van der Waals surface area (Å²) in [6, 6.07) is 10.8. The first kappa shape index (κ1) is 14.5. The highest BCUT2D eigenvalue weighted by atomic mass is 16.5. The van der Waals surface area contributed by atoms with Crippen molar-refractivity contribution in [2.24, 2.45) is 5.92 Å². The van der Waals surface area contributed by atoms with E-state index in [0.29, 0.717) is 18.1 Å². The van der Waals surface area contributed by atoms with Crippen molar-refractivity contribution in [1.29, 1.82) is 0 Å². The average Bonchev–Trinajstić information content (AvgIpc) is 2.38. The summed E-state index contributed by atoms with van der Waals surface area (Å²) >= 11 is 0. The van der Waals surface area contributed by atoms with E-state index in [1.54, 1.807) is 0 Å². The molecule has 0 radical (unpaired) electrons. The fourth-order valence-electron chi connectivity index (χ4n) is 3.04. The minimum absolute atomic E-state index is 0.377. The van der Waals surface area contributed by atoms with Gasteiger partial charge in [-0.15, -0.1) is 0 Å². The van der Waals surface area contributed by atoms with Gasteiger partial charge in [-0.05, 0) is 31.2 Å². The maximum atomic E-state index is 5.92. The van der Waals surface area contributed by atoms with Gasteiger partial charge < -0.3 is 4.74 Å². The van der Waals surface area contributed by atoms with Crippen molar-refractivity contribution in [3.63, 3.8) is 0 Å². The Morgan fingerprint density at radius 2 is 2.00 bits per heavy atom. The summed E-state index contributed by atoms with van der Waals surface area (Å²) < 4.78 is 5.92. The van der Waals surface area contributed by atoms with Crippen LogP contribution in [0.2, 0.25) is 0 Å². The zero-order chi connectivity index (χ0) is 13.7. The fraction of sp³-hybridized carbons (Fsp3) is 0.647. The summed E-state index contributed by atoms with van der Waals surface area (Å²) in [6.07, 6.45) is 3.09. The molecular weight excluding hydrogens is 234 g/mol. The van der Waals surface area contributed by atoms with Gasteiger partial charge in [0.15, 0.2) is 0 Å². The largest absolute Gasteiger partial charge is 0.373 e. The molecule has 0 saturated carbocycles. The van der Waals surface area contributed by atoms with Crippen LogP contribution >= 0.6 is 0 Å². The van der Waals surface area contributed by atoms with Crippen LogP contribution < -0.4 is 0 Å². The number of benzene rings is 1. The summed E-state index contributed by atoms with van der Waals surface area (Å²) in [5.74, 6) is 0.699. The monoisotopic (exact) mass is 261 g/mol. The first-order valence-electron chi connectivity index (χ1n) is 7.59. The Morgan fingerprint density at radius 1 is 1.26 bits per heavy atom. The molecule has 19 heavy (non-hydrogen) atoms. The topological polar surface area (TPSA) is 12.5 Å². The molecule has 2 nitrogen and oxygen atoms in total. The Balaban J connectivity index is 1.83. The van der Waals surface area contributed by atoms with Crippen LogP contribution in [0.15, 0.2) is 30.3 Å². The van der Waals surface area contributed by atoms with Gasteiger partial charge in [-0.3, -0.25) is 4.90 Å². The van der Waals surface area contributed by atoms with Crippen molar-refractivity contribution in [3.8, 4) is 0 Å². The third-order valence-corrected chi connectivity index (χ3v) is 3.85. The van der Waals surface area contributed by atoms with Crippen LogP contribution in [0.3, 0.4) is 0 Å². The highest BCUT2D eigenvalue weighted by Crippen LogP contribution is 2.16. The van der Waals surface area contributed by atoms with Gasteiger partial charge in [-0.25, -0.2) is 0 Å². The van der Waals surface area contributed by atoms with Crippen molar-refractivity contribution in [2.45, 2.75) is 45.8 Å². The molecule has 106 valence electrons. The molecule has 0 aromatic heterocycles. The number of morpholine rings is 1. The second-order valence-electron chi connectivity index (χ2n) is 5.99. The lowest BCUT2D eigenvalue weighted by molar-refractivity contribution is -0.0803. The number of ether oxygens (including phenoxy) is 1. The molecule has 1 fully saturated rings. The second kappa shape index (κ2) is 7.06. The van der Waals surface area contributed by atoms with Crippen molar-refractivity contribution in [2.75, 3.05) is 19.6 Å². The third-order valence-electron chi connectivity index (χ3n) is 3.85. The van der Waals surface area contributed by atoms with Gasteiger partial charge >= 0.3 is 0 Å². The summed E-state index contributed by atoms with van der Waals surface area (Å²) in [5, 5.41) is 0. The van der Waals surface area contributed by atoms with Crippen LogP contribution in [0, 0.1) is 5.92 Å². The molecule has 0 amide bonds. The quantitative estimate of drug-likeness (QED) is 0.806. The summed E-state index contributed by atoms with van der Waals surface area (Å²) in [6.45, 7) is 10.1. The van der Waals surface area contributed by atoms with Crippen LogP contribution in [-0.2, 0) is 11.2 Å². The predicted molar refractivity (Wildman–Crippen MR) is 80.4 cm³/mol. The molecule has 1 heterocycles. The molecule has 1 aliphatic heterocycles. The van der Waals surface area contributed by atoms with Crippen LogP contribution in [0.1, 0.15) is 32.8 Å². The zero-order valence-corrected chi connectivity index (χ0v) is 12.5. The molecule has 1 aromatic rings. The fourth-order valence-corrected chi connectivity index (χ4v) is 3.04. The zero-order valence-electron chi connectivity index (χ0n) is 12.5. The standard InChI is InChI=1S/C17H27NO/c1-4-17-13-18(12-15(3)19-17)11-14(2)10-16-8-6-5-7-9-16/h5-9,14-15,17H,4,10-13H2,1-3H3. The lowest BCUT2D eigenvalue weighted by atomic mass is 10.00. The minimum atomic E-state index is 0.377. The number of nitrogens with zero attached hydrogens (tertiary/aromatic N) is 1. The molecule has 1 aliphatic rings. The maximum Gasteiger partial charge on any atom is 0.0703 e. The highest BCUT2D eigenvalue weighted by molar-refractivity contribution is 5.15. The molecule has 2 rings (SSSR count). The smallest absolute Gasteiger partial charge is 0.0703 e. The lowest BCUT2D eigenvalue weighted by Gasteiger charge is -2.37. The third kappa shape index (κ3) is 4.63. The van der Waals surface area contributed by atoms with E-state index in [0.717, 1.165) is 19.5 Å². The van der Waals surface area contributed by atoms with Gasteiger partial charge in [0.25, 0.3) is 0 Å². The molecule has 3 unspecified atom stereocenters. The average molecular weight is 261 g/mol. The van der Waals surface area contributed by atoms with Crippen molar-refractivity contribution in [3.05, 3.63) is 35.9 Å². The van der Waals surface area contributed by atoms with Gasteiger partial charge in [0.1, 0.15) is 0 Å². The predicted octanol–water partition coefficient (Wildman–Crippen LogP) is 3.36. The second-order valence-corrected chi connectivity index (χ2v) is 5.99. The molecule has 0 spiro atoms. The number of hydrogen-bond donors (Lipinski definition) is 0. The normalized spacial score (nSPS) is 26.3. The van der Waals surface area contributed by atoms with E-state index in [1.807, 2.05) is 0 Å². The Labute approximate surface area is 117 Å². The van der Waals surface area contributed by atoms with Crippen LogP contribution in [0.5, 0.6) is 0 Å². The van der Waals surface area contributed by atoms with Crippen molar-refractivity contribution < 1.29 is 4.74 Å². The highest BCUT2D eigenvalue weighted by Gasteiger charge is 2.24. The maximum absolute atomic E-state index is 5.92. The van der Waals surface area contributed by atoms with E-state index >= 15 is 0 Å². The molecule has 3 atom stereocenters. The molecule has 1 saturated heterocycles. The number of rotatable bonds is 5. The molecular formula is C17H27NO. The molecule has 0 bridgehead atoms. The summed E-state index contributed by atoms with van der Waals surface area (Å²) in [5.41, 5.74) is 1.45. The van der Waals surface area contributed by atoms with E-state index in [9.17, 15) is 0 Å². The Bertz CT molecular complexity index is 365. The van der Waals surface area contributed by atoms with E-state index in [1.165, 1.54) is 18.5 Å². The van der Waals surface area contributed by atoms with E-state index in [4.69, 9.17) is 4.74 Å².